The molecule has 0 fully saturated rings. The SMILES string of the molecule is Cc1cccc(Cn2cc(NC(=O)C(C)n3nc(C(F)F)c(Cl)c3C(F)F)cn2)c1. The maximum absolute atomic E-state index is 13.3. The van der Waals surface area contributed by atoms with Crippen LogP contribution in [0.1, 0.15) is 48.3 Å². The van der Waals surface area contributed by atoms with Crippen LogP contribution in [-0.2, 0) is 11.3 Å². The number of hydrogen-bond acceptors (Lipinski definition) is 3. The van der Waals surface area contributed by atoms with Gasteiger partial charge in [-0.2, -0.15) is 10.2 Å². The zero-order chi connectivity index (χ0) is 22.0. The molecular weight excluding hydrogens is 426 g/mol. The number of carbonyl (C=O) groups is 1. The molecule has 0 radical (unpaired) electrons. The molecule has 0 aliphatic heterocycles. The molecule has 1 atom stereocenters. The summed E-state index contributed by atoms with van der Waals surface area (Å²) in [7, 11) is 0. The van der Waals surface area contributed by atoms with Crippen molar-refractivity contribution in [2.75, 3.05) is 5.32 Å². The predicted molar refractivity (Wildman–Crippen MR) is 103 cm³/mol. The number of alkyl halides is 4. The van der Waals surface area contributed by atoms with E-state index in [4.69, 9.17) is 11.6 Å². The first-order valence-electron chi connectivity index (χ1n) is 8.90. The number of hydrogen-bond donors (Lipinski definition) is 1. The van der Waals surface area contributed by atoms with Crippen LogP contribution in [0.3, 0.4) is 0 Å². The van der Waals surface area contributed by atoms with Gasteiger partial charge in [0.2, 0.25) is 5.91 Å². The number of rotatable bonds is 7. The third-order valence-corrected chi connectivity index (χ3v) is 4.79. The molecule has 0 bridgehead atoms. The second-order valence-electron chi connectivity index (χ2n) is 6.71. The molecule has 2 heterocycles. The first-order valence-corrected chi connectivity index (χ1v) is 9.28. The number of benzene rings is 1. The highest BCUT2D eigenvalue weighted by atomic mass is 35.5. The lowest BCUT2D eigenvalue weighted by Crippen LogP contribution is -2.26. The average Bonchev–Trinajstić information content (AvgIpc) is 3.25. The summed E-state index contributed by atoms with van der Waals surface area (Å²) in [5.74, 6) is -0.730. The van der Waals surface area contributed by atoms with E-state index in [0.29, 0.717) is 16.9 Å². The summed E-state index contributed by atoms with van der Waals surface area (Å²) in [5.41, 5.74) is 0.516. The number of nitrogens with zero attached hydrogens (tertiary/aromatic N) is 4. The highest BCUT2D eigenvalue weighted by Crippen LogP contribution is 2.36. The number of amides is 1. The molecule has 30 heavy (non-hydrogen) atoms. The number of halogens is 5. The van der Waals surface area contributed by atoms with E-state index in [9.17, 15) is 22.4 Å². The van der Waals surface area contributed by atoms with Crippen molar-refractivity contribution in [2.24, 2.45) is 0 Å². The molecule has 3 aromatic rings. The Balaban J connectivity index is 1.75. The lowest BCUT2D eigenvalue weighted by molar-refractivity contribution is -0.119. The van der Waals surface area contributed by atoms with Crippen LogP contribution in [0.15, 0.2) is 36.7 Å². The number of carbonyl (C=O) groups excluding carboxylic acids is 1. The summed E-state index contributed by atoms with van der Waals surface area (Å²) < 4.78 is 54.7. The molecule has 1 N–H and O–H groups in total. The minimum absolute atomic E-state index is 0.324. The molecule has 6 nitrogen and oxygen atoms in total. The van der Waals surface area contributed by atoms with Crippen molar-refractivity contribution in [2.45, 2.75) is 39.3 Å². The van der Waals surface area contributed by atoms with E-state index in [1.165, 1.54) is 13.1 Å². The van der Waals surface area contributed by atoms with Gasteiger partial charge in [0.1, 0.15) is 17.4 Å². The van der Waals surface area contributed by atoms with Crippen LogP contribution in [0, 0.1) is 6.92 Å². The Labute approximate surface area is 174 Å². The molecule has 0 aliphatic carbocycles. The third kappa shape index (κ3) is 4.64. The van der Waals surface area contributed by atoms with Gasteiger partial charge in [-0.1, -0.05) is 41.4 Å². The first kappa shape index (κ1) is 21.8. The predicted octanol–water partition coefficient (Wildman–Crippen LogP) is 5.16. The van der Waals surface area contributed by atoms with Gasteiger partial charge in [0.15, 0.2) is 0 Å². The zero-order valence-electron chi connectivity index (χ0n) is 16.0. The van der Waals surface area contributed by atoms with Gasteiger partial charge in [-0.25, -0.2) is 22.2 Å². The van der Waals surface area contributed by atoms with Crippen LogP contribution in [0.25, 0.3) is 0 Å². The summed E-state index contributed by atoms with van der Waals surface area (Å²) in [4.78, 5) is 12.5. The monoisotopic (exact) mass is 443 g/mol. The van der Waals surface area contributed by atoms with E-state index in [1.54, 1.807) is 10.9 Å². The number of nitrogens with one attached hydrogen (secondary N) is 1. The molecule has 0 saturated carbocycles. The molecule has 0 aliphatic rings. The average molecular weight is 444 g/mol. The minimum atomic E-state index is -3.18. The van der Waals surface area contributed by atoms with Crippen molar-refractivity contribution in [3.05, 3.63) is 64.2 Å². The normalized spacial score (nSPS) is 12.6. The van der Waals surface area contributed by atoms with Gasteiger partial charge in [0, 0.05) is 6.20 Å². The fourth-order valence-corrected chi connectivity index (χ4v) is 3.24. The van der Waals surface area contributed by atoms with Crippen LogP contribution in [0.2, 0.25) is 5.02 Å². The maximum Gasteiger partial charge on any atom is 0.283 e. The van der Waals surface area contributed by atoms with Crippen LogP contribution in [0.4, 0.5) is 23.2 Å². The van der Waals surface area contributed by atoms with Crippen molar-refractivity contribution >= 4 is 23.2 Å². The van der Waals surface area contributed by atoms with Crippen LogP contribution in [-0.4, -0.2) is 25.5 Å². The quantitative estimate of drug-likeness (QED) is 0.513. The smallest absolute Gasteiger partial charge is 0.283 e. The van der Waals surface area contributed by atoms with Crippen molar-refractivity contribution in [1.29, 1.82) is 0 Å². The summed E-state index contributed by atoms with van der Waals surface area (Å²) in [5, 5.41) is 9.27. The minimum Gasteiger partial charge on any atom is -0.322 e. The Kier molecular flexibility index (Phi) is 6.45. The highest BCUT2D eigenvalue weighted by Gasteiger charge is 2.31. The van der Waals surface area contributed by atoms with Crippen molar-refractivity contribution in [3.8, 4) is 0 Å². The topological polar surface area (TPSA) is 64.7 Å². The molecular formula is C19H18ClF4N5O. The Hall–Kier alpha value is -2.88. The largest absolute Gasteiger partial charge is 0.322 e. The molecule has 0 saturated heterocycles. The summed E-state index contributed by atoms with van der Waals surface area (Å²) in [6, 6.07) is 6.51. The van der Waals surface area contributed by atoms with Crippen LogP contribution >= 0.6 is 11.6 Å². The Morgan fingerprint density at radius 1 is 1.23 bits per heavy atom. The Bertz CT molecular complexity index is 1050. The summed E-state index contributed by atoms with van der Waals surface area (Å²) in [6.07, 6.45) is -3.35. The standard InChI is InChI=1S/C19H18ClF4N5O/c1-10-4-3-5-12(6-10)8-28-9-13(7-25-28)26-19(30)11(2)29-16(18(23)24)14(20)15(27-29)17(21)22/h3-7,9,11,17-18H,8H2,1-2H3,(H,26,30). The van der Waals surface area contributed by atoms with Gasteiger partial charge in [-0.15, -0.1) is 0 Å². The lowest BCUT2D eigenvalue weighted by Gasteiger charge is -2.15. The summed E-state index contributed by atoms with van der Waals surface area (Å²) in [6.45, 7) is 3.69. The summed E-state index contributed by atoms with van der Waals surface area (Å²) >= 11 is 5.63. The molecule has 3 rings (SSSR count). The van der Waals surface area contributed by atoms with E-state index in [0.717, 1.165) is 11.1 Å². The van der Waals surface area contributed by atoms with E-state index in [1.807, 2.05) is 31.2 Å². The van der Waals surface area contributed by atoms with Crippen molar-refractivity contribution < 1.29 is 22.4 Å². The second-order valence-corrected chi connectivity index (χ2v) is 7.09. The van der Waals surface area contributed by atoms with Crippen LogP contribution in [0.5, 0.6) is 0 Å². The van der Waals surface area contributed by atoms with E-state index < -0.39 is 41.2 Å². The molecule has 2 aromatic heterocycles. The number of aromatic nitrogens is 4. The third-order valence-electron chi connectivity index (χ3n) is 4.40. The van der Waals surface area contributed by atoms with Crippen LogP contribution < -0.4 is 5.32 Å². The van der Waals surface area contributed by atoms with E-state index in [-0.39, 0.29) is 0 Å². The van der Waals surface area contributed by atoms with E-state index in [2.05, 4.69) is 15.5 Å². The van der Waals surface area contributed by atoms with Gasteiger partial charge < -0.3 is 5.32 Å². The van der Waals surface area contributed by atoms with Gasteiger partial charge in [0.25, 0.3) is 12.9 Å². The van der Waals surface area contributed by atoms with E-state index >= 15 is 0 Å². The first-order chi connectivity index (χ1) is 14.2. The fraction of sp³-hybridized carbons (Fsp3) is 0.316. The second kappa shape index (κ2) is 8.86. The molecule has 160 valence electrons. The van der Waals surface area contributed by atoms with Crippen molar-refractivity contribution in [3.63, 3.8) is 0 Å². The Morgan fingerprint density at radius 3 is 2.60 bits per heavy atom. The molecule has 1 amide bonds. The molecule has 11 heteroatoms. The van der Waals surface area contributed by atoms with Crippen molar-refractivity contribution in [1.82, 2.24) is 19.6 Å². The molecule has 1 aromatic carbocycles. The number of aryl methyl sites for hydroxylation is 1. The van der Waals surface area contributed by atoms with Gasteiger partial charge in [-0.3, -0.25) is 9.48 Å². The van der Waals surface area contributed by atoms with Gasteiger partial charge in [-0.05, 0) is 19.4 Å². The molecule has 1 unspecified atom stereocenters. The fourth-order valence-electron chi connectivity index (χ4n) is 2.95. The lowest BCUT2D eigenvalue weighted by atomic mass is 10.1. The highest BCUT2D eigenvalue weighted by molar-refractivity contribution is 6.32. The van der Waals surface area contributed by atoms with Gasteiger partial charge in [0.05, 0.1) is 23.5 Å². The number of anilines is 1. The molecule has 0 spiro atoms. The Morgan fingerprint density at radius 2 is 1.97 bits per heavy atom. The zero-order valence-corrected chi connectivity index (χ0v) is 16.7. The van der Waals surface area contributed by atoms with Gasteiger partial charge >= 0.3 is 0 Å². The maximum atomic E-state index is 13.3.